The van der Waals surface area contributed by atoms with Crippen LogP contribution in [-0.2, 0) is 7.05 Å². The number of hydrogen-bond donors (Lipinski definition) is 3. The van der Waals surface area contributed by atoms with Crippen molar-refractivity contribution in [2.75, 3.05) is 11.1 Å². The average molecular weight is 440 g/mol. The number of nitrogens with two attached hydrogens (primary N) is 2. The first-order valence-corrected chi connectivity index (χ1v) is 9.47. The van der Waals surface area contributed by atoms with E-state index in [-0.39, 0.29) is 41.4 Å². The van der Waals surface area contributed by atoms with Crippen LogP contribution in [0.4, 0.5) is 29.1 Å². The molecule has 0 spiro atoms. The molecule has 3 aromatic rings. The van der Waals surface area contributed by atoms with Crippen LogP contribution in [0.1, 0.15) is 53.6 Å². The summed E-state index contributed by atoms with van der Waals surface area (Å²) < 4.78 is 56.5. The van der Waals surface area contributed by atoms with Crippen molar-refractivity contribution in [2.24, 2.45) is 12.8 Å². The lowest BCUT2D eigenvalue weighted by Gasteiger charge is -2.32. The highest BCUT2D eigenvalue weighted by molar-refractivity contribution is 6.04. The summed E-state index contributed by atoms with van der Waals surface area (Å²) in [6, 6.07) is 2.27. The SMILES string of the molecule is Cn1cc(NC(=O)c2ccc3c(N)nc(C4CC(F)(F)CCC4N)nn23)c(C(F)F)n1. The maximum atomic E-state index is 13.9. The van der Waals surface area contributed by atoms with Crippen molar-refractivity contribution in [3.8, 4) is 0 Å². The number of nitrogens with zero attached hydrogens (tertiary/aromatic N) is 5. The quantitative estimate of drug-likeness (QED) is 0.535. The van der Waals surface area contributed by atoms with Gasteiger partial charge in [0.1, 0.15) is 11.2 Å². The van der Waals surface area contributed by atoms with Crippen LogP contribution in [0.2, 0.25) is 0 Å². The first kappa shape index (κ1) is 21.0. The first-order chi connectivity index (χ1) is 14.6. The summed E-state index contributed by atoms with van der Waals surface area (Å²) in [7, 11) is 1.44. The number of aromatic nitrogens is 5. The highest BCUT2D eigenvalue weighted by Gasteiger charge is 2.42. The molecule has 0 radical (unpaired) electrons. The second-order valence-corrected chi connectivity index (χ2v) is 7.60. The van der Waals surface area contributed by atoms with Crippen LogP contribution in [0.25, 0.3) is 5.52 Å². The van der Waals surface area contributed by atoms with Crippen molar-refractivity contribution in [1.82, 2.24) is 24.4 Å². The zero-order chi connectivity index (χ0) is 22.5. The third kappa shape index (κ3) is 3.92. The number of carbonyl (C=O) groups is 1. The van der Waals surface area contributed by atoms with E-state index >= 15 is 0 Å². The minimum absolute atomic E-state index is 0.00299. The Kier molecular flexibility index (Phi) is 5.07. The number of nitrogens with one attached hydrogen (secondary N) is 1. The second-order valence-electron chi connectivity index (χ2n) is 7.60. The number of aryl methyl sites for hydroxylation is 1. The lowest BCUT2D eigenvalue weighted by molar-refractivity contribution is -0.0463. The molecule has 13 heteroatoms. The monoisotopic (exact) mass is 440 g/mol. The van der Waals surface area contributed by atoms with Gasteiger partial charge in [-0.1, -0.05) is 0 Å². The summed E-state index contributed by atoms with van der Waals surface area (Å²) in [6.07, 6.45) is -2.41. The molecule has 1 aliphatic carbocycles. The minimum atomic E-state index is -2.91. The molecule has 9 nitrogen and oxygen atoms in total. The van der Waals surface area contributed by atoms with Crippen LogP contribution in [-0.4, -0.2) is 42.3 Å². The Labute approximate surface area is 173 Å². The Hall–Kier alpha value is -3.22. The Balaban J connectivity index is 1.70. The molecular weight excluding hydrogens is 420 g/mol. The van der Waals surface area contributed by atoms with Gasteiger partial charge in [0.25, 0.3) is 12.3 Å². The van der Waals surface area contributed by atoms with Crippen LogP contribution < -0.4 is 16.8 Å². The van der Waals surface area contributed by atoms with Crippen molar-refractivity contribution in [3.05, 3.63) is 35.5 Å². The predicted octanol–water partition coefficient (Wildman–Crippen LogP) is 2.46. The van der Waals surface area contributed by atoms with Crippen LogP contribution in [0.5, 0.6) is 0 Å². The molecule has 0 aromatic carbocycles. The van der Waals surface area contributed by atoms with E-state index in [0.717, 1.165) is 9.20 Å². The fraction of sp³-hybridized carbons (Fsp3) is 0.444. The summed E-state index contributed by atoms with van der Waals surface area (Å²) >= 11 is 0. The van der Waals surface area contributed by atoms with E-state index in [4.69, 9.17) is 11.5 Å². The van der Waals surface area contributed by atoms with E-state index in [9.17, 15) is 22.4 Å². The molecular formula is C18H20F4N8O. The van der Waals surface area contributed by atoms with Gasteiger partial charge in [-0.2, -0.15) is 10.2 Å². The van der Waals surface area contributed by atoms with Crippen LogP contribution in [0, 0.1) is 0 Å². The number of anilines is 2. The fourth-order valence-electron chi connectivity index (χ4n) is 3.75. The topological polar surface area (TPSA) is 129 Å². The zero-order valence-electron chi connectivity index (χ0n) is 16.4. The highest BCUT2D eigenvalue weighted by atomic mass is 19.3. The highest BCUT2D eigenvalue weighted by Crippen LogP contribution is 2.40. The Morgan fingerprint density at radius 2 is 2.06 bits per heavy atom. The molecule has 1 saturated carbocycles. The maximum absolute atomic E-state index is 13.9. The van der Waals surface area contributed by atoms with E-state index in [1.54, 1.807) is 0 Å². The molecule has 0 bridgehead atoms. The standard InChI is InChI=1S/C18H20F4N8O/c1-29-7-10(13(27-29)14(19)20)25-17(31)12-3-2-11-15(24)26-16(28-30(11)12)8-6-18(21,22)5-4-9(8)23/h2-3,7-9,14H,4-6,23H2,1H3,(H,25,31)(H2,24,26,28). The predicted molar refractivity (Wildman–Crippen MR) is 103 cm³/mol. The number of alkyl halides is 4. The van der Waals surface area contributed by atoms with Gasteiger partial charge in [-0.3, -0.25) is 9.48 Å². The molecule has 3 heterocycles. The van der Waals surface area contributed by atoms with Gasteiger partial charge in [0.2, 0.25) is 5.92 Å². The summed E-state index contributed by atoms with van der Waals surface area (Å²) in [5.41, 5.74) is 11.5. The molecule has 2 unspecified atom stereocenters. The Morgan fingerprint density at radius 3 is 2.77 bits per heavy atom. The molecule has 3 aromatic heterocycles. The van der Waals surface area contributed by atoms with Crippen LogP contribution >= 0.6 is 0 Å². The number of amides is 1. The van der Waals surface area contributed by atoms with Gasteiger partial charge in [-0.15, -0.1) is 0 Å². The molecule has 4 rings (SSSR count). The molecule has 2 atom stereocenters. The molecule has 1 fully saturated rings. The molecule has 31 heavy (non-hydrogen) atoms. The molecule has 0 aliphatic heterocycles. The number of carbonyl (C=O) groups excluding carboxylic acids is 1. The van der Waals surface area contributed by atoms with E-state index < -0.39 is 42.3 Å². The molecule has 166 valence electrons. The van der Waals surface area contributed by atoms with Crippen LogP contribution in [0.15, 0.2) is 18.3 Å². The van der Waals surface area contributed by atoms with Crippen molar-refractivity contribution >= 4 is 22.9 Å². The maximum Gasteiger partial charge on any atom is 0.284 e. The second kappa shape index (κ2) is 7.48. The number of fused-ring (bicyclic) bond motifs is 1. The molecule has 1 aliphatic rings. The van der Waals surface area contributed by atoms with E-state index in [1.807, 2.05) is 0 Å². The summed E-state index contributed by atoms with van der Waals surface area (Å²) in [5, 5.41) is 10.3. The van der Waals surface area contributed by atoms with E-state index in [0.29, 0.717) is 0 Å². The lowest BCUT2D eigenvalue weighted by atomic mass is 9.82. The molecule has 1 amide bonds. The van der Waals surface area contributed by atoms with Crippen molar-refractivity contribution in [3.63, 3.8) is 0 Å². The normalized spacial score (nSPS) is 21.0. The lowest BCUT2D eigenvalue weighted by Crippen LogP contribution is -2.40. The van der Waals surface area contributed by atoms with Gasteiger partial charge in [0, 0.05) is 38.0 Å². The number of halogens is 4. The summed E-state index contributed by atoms with van der Waals surface area (Å²) in [6.45, 7) is 0. The average Bonchev–Trinajstić information content (AvgIpc) is 3.27. The molecule has 0 saturated heterocycles. The third-order valence-corrected chi connectivity index (χ3v) is 5.31. The van der Waals surface area contributed by atoms with Gasteiger partial charge in [0.15, 0.2) is 17.3 Å². The summed E-state index contributed by atoms with van der Waals surface area (Å²) in [4.78, 5) is 16.9. The number of nitrogen functional groups attached to an aromatic ring is 1. The first-order valence-electron chi connectivity index (χ1n) is 9.47. The molecule has 5 N–H and O–H groups in total. The van der Waals surface area contributed by atoms with Crippen molar-refractivity contribution in [2.45, 2.75) is 43.6 Å². The van der Waals surface area contributed by atoms with Gasteiger partial charge in [-0.05, 0) is 18.6 Å². The Bertz CT molecular complexity index is 1140. The smallest absolute Gasteiger partial charge is 0.284 e. The van der Waals surface area contributed by atoms with Gasteiger partial charge < -0.3 is 16.8 Å². The fourth-order valence-corrected chi connectivity index (χ4v) is 3.75. The largest absolute Gasteiger partial charge is 0.382 e. The number of rotatable bonds is 4. The van der Waals surface area contributed by atoms with Gasteiger partial charge in [-0.25, -0.2) is 27.1 Å². The van der Waals surface area contributed by atoms with Crippen molar-refractivity contribution in [1.29, 1.82) is 0 Å². The van der Waals surface area contributed by atoms with Gasteiger partial charge >= 0.3 is 0 Å². The van der Waals surface area contributed by atoms with Gasteiger partial charge in [0.05, 0.1) is 5.69 Å². The summed E-state index contributed by atoms with van der Waals surface area (Å²) in [5.74, 6) is -4.53. The van der Waals surface area contributed by atoms with E-state index in [2.05, 4.69) is 20.5 Å². The number of hydrogen-bond acceptors (Lipinski definition) is 6. The van der Waals surface area contributed by atoms with Crippen molar-refractivity contribution < 1.29 is 22.4 Å². The van der Waals surface area contributed by atoms with E-state index in [1.165, 1.54) is 25.4 Å². The zero-order valence-corrected chi connectivity index (χ0v) is 16.4. The third-order valence-electron chi connectivity index (χ3n) is 5.31. The minimum Gasteiger partial charge on any atom is -0.382 e. The Morgan fingerprint density at radius 1 is 1.32 bits per heavy atom. The van der Waals surface area contributed by atoms with Crippen LogP contribution in [0.3, 0.4) is 0 Å².